The SMILES string of the molecule is CC(C)C1=C[C@H]2[C@@H]([C@@H](O)C[C@]2(C)O)[C@](O)(CO)CC1=O. The number of aliphatic hydroxyl groups is 4. The fourth-order valence-corrected chi connectivity index (χ4v) is 3.75. The molecule has 0 amide bonds. The van der Waals surface area contributed by atoms with Crippen LogP contribution in [0, 0.1) is 17.8 Å². The maximum absolute atomic E-state index is 12.3. The van der Waals surface area contributed by atoms with E-state index in [1.165, 1.54) is 0 Å². The normalized spacial score (nSPS) is 45.3. The highest BCUT2D eigenvalue weighted by atomic mass is 16.3. The lowest BCUT2D eigenvalue weighted by atomic mass is 9.76. The molecule has 114 valence electrons. The number of hydrogen-bond acceptors (Lipinski definition) is 5. The molecule has 0 radical (unpaired) electrons. The molecule has 0 saturated heterocycles. The number of aliphatic hydroxyl groups excluding tert-OH is 2. The number of rotatable bonds is 2. The minimum atomic E-state index is -1.69. The monoisotopic (exact) mass is 284 g/mol. The van der Waals surface area contributed by atoms with E-state index in [2.05, 4.69) is 0 Å². The van der Waals surface area contributed by atoms with Crippen LogP contribution in [0.5, 0.6) is 0 Å². The van der Waals surface area contributed by atoms with Gasteiger partial charge in [0.1, 0.15) is 5.60 Å². The zero-order valence-electron chi connectivity index (χ0n) is 12.2. The van der Waals surface area contributed by atoms with Gasteiger partial charge < -0.3 is 20.4 Å². The fourth-order valence-electron chi connectivity index (χ4n) is 3.75. The first-order chi connectivity index (χ1) is 9.12. The Bertz CT molecular complexity index is 440. The van der Waals surface area contributed by atoms with Crippen LogP contribution in [0.4, 0.5) is 0 Å². The summed E-state index contributed by atoms with van der Waals surface area (Å²) in [6.45, 7) is 4.75. The molecule has 0 aromatic heterocycles. The van der Waals surface area contributed by atoms with Crippen molar-refractivity contribution in [2.75, 3.05) is 6.61 Å². The van der Waals surface area contributed by atoms with Crippen LogP contribution in [0.2, 0.25) is 0 Å². The average molecular weight is 284 g/mol. The highest BCUT2D eigenvalue weighted by molar-refractivity contribution is 5.96. The first-order valence-corrected chi connectivity index (χ1v) is 7.11. The van der Waals surface area contributed by atoms with E-state index in [4.69, 9.17) is 0 Å². The molecule has 0 aromatic rings. The number of hydrogen-bond donors (Lipinski definition) is 4. The molecule has 4 N–H and O–H groups in total. The molecule has 20 heavy (non-hydrogen) atoms. The predicted molar refractivity (Wildman–Crippen MR) is 72.8 cm³/mol. The van der Waals surface area contributed by atoms with Crippen molar-refractivity contribution in [2.45, 2.75) is 50.9 Å². The molecule has 5 atom stereocenters. The Hall–Kier alpha value is -0.750. The Labute approximate surface area is 118 Å². The van der Waals surface area contributed by atoms with Gasteiger partial charge >= 0.3 is 0 Å². The van der Waals surface area contributed by atoms with Gasteiger partial charge in [-0.3, -0.25) is 4.79 Å². The summed E-state index contributed by atoms with van der Waals surface area (Å²) in [5.74, 6) is -1.53. The summed E-state index contributed by atoms with van der Waals surface area (Å²) in [4.78, 5) is 12.3. The van der Waals surface area contributed by atoms with Crippen molar-refractivity contribution >= 4 is 5.78 Å². The van der Waals surface area contributed by atoms with E-state index in [1.807, 2.05) is 13.8 Å². The third-order valence-electron chi connectivity index (χ3n) is 4.81. The van der Waals surface area contributed by atoms with Crippen molar-refractivity contribution < 1.29 is 25.2 Å². The lowest BCUT2D eigenvalue weighted by molar-refractivity contribution is -0.134. The molecule has 1 fully saturated rings. The van der Waals surface area contributed by atoms with Crippen LogP contribution in [0.25, 0.3) is 0 Å². The predicted octanol–water partition coefficient (Wildman–Crippen LogP) is 0.0130. The summed E-state index contributed by atoms with van der Waals surface area (Å²) >= 11 is 0. The van der Waals surface area contributed by atoms with Crippen molar-refractivity contribution in [3.8, 4) is 0 Å². The third-order valence-corrected chi connectivity index (χ3v) is 4.81. The van der Waals surface area contributed by atoms with Gasteiger partial charge in [0.15, 0.2) is 5.78 Å². The van der Waals surface area contributed by atoms with Crippen molar-refractivity contribution in [1.29, 1.82) is 0 Å². The molecule has 0 heterocycles. The Balaban J connectivity index is 2.55. The van der Waals surface area contributed by atoms with E-state index in [1.54, 1.807) is 13.0 Å². The van der Waals surface area contributed by atoms with Gasteiger partial charge in [0.05, 0.1) is 18.3 Å². The summed E-state index contributed by atoms with van der Waals surface area (Å²) in [7, 11) is 0. The molecule has 0 bridgehead atoms. The molecule has 2 rings (SSSR count). The molecule has 0 spiro atoms. The van der Waals surface area contributed by atoms with Gasteiger partial charge in [-0.1, -0.05) is 19.9 Å². The zero-order valence-corrected chi connectivity index (χ0v) is 12.2. The smallest absolute Gasteiger partial charge is 0.161 e. The van der Waals surface area contributed by atoms with Gasteiger partial charge in [0, 0.05) is 24.7 Å². The van der Waals surface area contributed by atoms with E-state index < -0.39 is 35.7 Å². The highest BCUT2D eigenvalue weighted by Crippen LogP contribution is 2.49. The number of Topliss-reactive ketones (excluding diaryl/α,β-unsaturated/α-hetero) is 1. The molecule has 1 saturated carbocycles. The molecule has 5 nitrogen and oxygen atoms in total. The van der Waals surface area contributed by atoms with E-state index in [0.717, 1.165) is 0 Å². The van der Waals surface area contributed by atoms with Crippen molar-refractivity contribution in [3.05, 3.63) is 11.6 Å². The summed E-state index contributed by atoms with van der Waals surface area (Å²) in [6, 6.07) is 0. The van der Waals surface area contributed by atoms with Crippen LogP contribution in [0.3, 0.4) is 0 Å². The second kappa shape index (κ2) is 4.91. The summed E-state index contributed by atoms with van der Waals surface area (Å²) in [5.41, 5.74) is -2.33. The van der Waals surface area contributed by atoms with E-state index >= 15 is 0 Å². The van der Waals surface area contributed by atoms with Gasteiger partial charge in [0.2, 0.25) is 0 Å². The highest BCUT2D eigenvalue weighted by Gasteiger charge is 2.58. The van der Waals surface area contributed by atoms with Crippen molar-refractivity contribution in [1.82, 2.24) is 0 Å². The Kier molecular flexibility index (Phi) is 3.84. The van der Waals surface area contributed by atoms with E-state index in [-0.39, 0.29) is 24.5 Å². The number of fused-ring (bicyclic) bond motifs is 1. The van der Waals surface area contributed by atoms with Crippen molar-refractivity contribution in [3.63, 3.8) is 0 Å². The number of carbonyl (C=O) groups excluding carboxylic acids is 1. The zero-order chi connectivity index (χ0) is 15.3. The van der Waals surface area contributed by atoms with Gasteiger partial charge in [-0.2, -0.15) is 0 Å². The molecular weight excluding hydrogens is 260 g/mol. The van der Waals surface area contributed by atoms with Crippen molar-refractivity contribution in [2.24, 2.45) is 17.8 Å². The summed E-state index contributed by atoms with van der Waals surface area (Å²) in [5, 5.41) is 40.8. The van der Waals surface area contributed by atoms with Gasteiger partial charge in [0.25, 0.3) is 0 Å². The molecule has 0 aliphatic heterocycles. The number of allylic oxidation sites excluding steroid dienone is 1. The average Bonchev–Trinajstić information content (AvgIpc) is 2.46. The Morgan fingerprint density at radius 3 is 2.50 bits per heavy atom. The molecule has 2 aliphatic rings. The number of carbonyl (C=O) groups is 1. The molecule has 2 aliphatic carbocycles. The van der Waals surface area contributed by atoms with Crippen LogP contribution in [0.1, 0.15) is 33.6 Å². The van der Waals surface area contributed by atoms with Gasteiger partial charge in [-0.05, 0) is 18.4 Å². The molecule has 0 unspecified atom stereocenters. The van der Waals surface area contributed by atoms with Gasteiger partial charge in [-0.25, -0.2) is 0 Å². The maximum Gasteiger partial charge on any atom is 0.161 e. The maximum atomic E-state index is 12.3. The van der Waals surface area contributed by atoms with Gasteiger partial charge in [-0.15, -0.1) is 0 Å². The second-order valence-electron chi connectivity index (χ2n) is 6.82. The summed E-state index contributed by atoms with van der Waals surface area (Å²) in [6.07, 6.45) is 0.659. The van der Waals surface area contributed by atoms with Crippen LogP contribution >= 0.6 is 0 Å². The first-order valence-electron chi connectivity index (χ1n) is 7.11. The third kappa shape index (κ3) is 2.33. The largest absolute Gasteiger partial charge is 0.393 e. The fraction of sp³-hybridized carbons (Fsp3) is 0.800. The molecular formula is C15H24O5. The second-order valence-corrected chi connectivity index (χ2v) is 6.82. The minimum Gasteiger partial charge on any atom is -0.393 e. The van der Waals surface area contributed by atoms with Crippen LogP contribution in [-0.4, -0.2) is 50.1 Å². The number of ketones is 1. The Morgan fingerprint density at radius 1 is 1.40 bits per heavy atom. The lowest BCUT2D eigenvalue weighted by Gasteiger charge is -2.36. The Morgan fingerprint density at radius 2 is 2.00 bits per heavy atom. The first kappa shape index (κ1) is 15.6. The van der Waals surface area contributed by atoms with Crippen LogP contribution in [0.15, 0.2) is 11.6 Å². The summed E-state index contributed by atoms with van der Waals surface area (Å²) < 4.78 is 0. The molecule has 0 aromatic carbocycles. The van der Waals surface area contributed by atoms with E-state index in [9.17, 15) is 25.2 Å². The topological polar surface area (TPSA) is 98.0 Å². The van der Waals surface area contributed by atoms with E-state index in [0.29, 0.717) is 5.57 Å². The van der Waals surface area contributed by atoms with Crippen LogP contribution in [-0.2, 0) is 4.79 Å². The standard InChI is InChI=1S/C15H24O5/c1-8(2)9-4-10-13(12(18)5-14(10,3)19)15(20,7-16)6-11(9)17/h4,8,10,12-13,16,18-20H,5-7H2,1-3H3/t10-,12-,13-,14-,15+/m0/s1. The lowest BCUT2D eigenvalue weighted by Crippen LogP contribution is -2.49. The minimum absolute atomic E-state index is 0.0299. The quantitative estimate of drug-likeness (QED) is 0.573. The van der Waals surface area contributed by atoms with Crippen LogP contribution < -0.4 is 0 Å². The molecule has 5 heteroatoms.